The van der Waals surface area contributed by atoms with Crippen molar-refractivity contribution in [3.63, 3.8) is 0 Å². The average molecular weight is 448 g/mol. The van der Waals surface area contributed by atoms with Crippen LogP contribution in [0.15, 0.2) is 58.4 Å². The van der Waals surface area contributed by atoms with Crippen LogP contribution in [0.3, 0.4) is 0 Å². The lowest BCUT2D eigenvalue weighted by Gasteiger charge is -2.30. The molecule has 2 atom stereocenters. The molecule has 2 aliphatic rings. The predicted octanol–water partition coefficient (Wildman–Crippen LogP) is 4.07. The van der Waals surface area contributed by atoms with Crippen molar-refractivity contribution in [3.05, 3.63) is 64.9 Å². The van der Waals surface area contributed by atoms with E-state index in [2.05, 4.69) is 20.9 Å². The van der Waals surface area contributed by atoms with E-state index in [1.54, 1.807) is 21.3 Å². The molecular weight excluding hydrogens is 424 g/mol. The first-order chi connectivity index (χ1) is 16.1. The summed E-state index contributed by atoms with van der Waals surface area (Å²) in [6.07, 6.45) is 1.04. The zero-order chi connectivity index (χ0) is 22.9. The quantitative estimate of drug-likeness (QED) is 0.597. The minimum absolute atomic E-state index is 0.0297. The number of aromatic nitrogens is 2. The number of anilines is 2. The van der Waals surface area contributed by atoms with E-state index >= 15 is 0 Å². The number of methoxy groups -OCH3 is 3. The number of ketones is 1. The van der Waals surface area contributed by atoms with Gasteiger partial charge in [-0.3, -0.25) is 4.79 Å². The highest BCUT2D eigenvalue weighted by Crippen LogP contribution is 2.44. The largest absolute Gasteiger partial charge is 0.497 e. The fraction of sp³-hybridized carbons (Fsp3) is 0.292. The molecule has 9 nitrogen and oxygen atoms in total. The zero-order valence-electron chi connectivity index (χ0n) is 18.5. The Balaban J connectivity index is 1.57. The standard InChI is InChI=1S/C24H24N4O5/c1-30-16-7-4-13(5-8-16)15-10-17-21(18(29)11-15)22(26-24-23(25-17)27-33-28-24)14-6-9-19(31-2)20(12-14)32-3/h4-9,12,15,22H,10-11H2,1-3H3,(H,25,27)(H,26,28)/t15-,22-/m0/s1. The first-order valence-corrected chi connectivity index (χ1v) is 10.6. The molecule has 1 aliphatic carbocycles. The van der Waals surface area contributed by atoms with Gasteiger partial charge in [0.2, 0.25) is 11.6 Å². The van der Waals surface area contributed by atoms with E-state index in [9.17, 15) is 4.79 Å². The SMILES string of the molecule is COc1ccc([C@@H]2CC(=O)C3=C(C2)Nc2nonc2N[C@H]3c2ccc(OC)c(OC)c2)cc1. The molecule has 0 radical (unpaired) electrons. The normalized spacial score (nSPS) is 19.5. The van der Waals surface area contributed by atoms with Gasteiger partial charge in [-0.25, -0.2) is 4.63 Å². The molecular formula is C24H24N4O5. The van der Waals surface area contributed by atoms with Gasteiger partial charge in [0.25, 0.3) is 0 Å². The second kappa shape index (κ2) is 8.50. The Bertz CT molecular complexity index is 1220. The highest BCUT2D eigenvalue weighted by Gasteiger charge is 2.37. The maximum Gasteiger partial charge on any atom is 0.219 e. The minimum atomic E-state index is -0.454. The smallest absolute Gasteiger partial charge is 0.219 e. The number of carbonyl (C=O) groups is 1. The van der Waals surface area contributed by atoms with E-state index in [1.807, 2.05) is 42.5 Å². The van der Waals surface area contributed by atoms with E-state index in [-0.39, 0.29) is 11.7 Å². The third-order valence-electron chi connectivity index (χ3n) is 6.16. The number of hydrogen-bond acceptors (Lipinski definition) is 9. The predicted molar refractivity (Wildman–Crippen MR) is 121 cm³/mol. The molecule has 5 rings (SSSR count). The molecule has 0 amide bonds. The van der Waals surface area contributed by atoms with Gasteiger partial charge in [-0.15, -0.1) is 0 Å². The summed E-state index contributed by atoms with van der Waals surface area (Å²) >= 11 is 0. The van der Waals surface area contributed by atoms with Crippen molar-refractivity contribution in [2.75, 3.05) is 32.0 Å². The molecule has 1 aliphatic heterocycles. The second-order valence-corrected chi connectivity index (χ2v) is 7.97. The van der Waals surface area contributed by atoms with Gasteiger partial charge in [0.15, 0.2) is 17.3 Å². The Hall–Kier alpha value is -4.01. The van der Waals surface area contributed by atoms with E-state index in [0.717, 1.165) is 22.6 Å². The van der Waals surface area contributed by atoms with Crippen LogP contribution in [-0.2, 0) is 4.79 Å². The number of benzene rings is 2. The lowest BCUT2D eigenvalue weighted by molar-refractivity contribution is -0.116. The summed E-state index contributed by atoms with van der Waals surface area (Å²) in [6, 6.07) is 13.0. The van der Waals surface area contributed by atoms with Crippen molar-refractivity contribution in [2.24, 2.45) is 0 Å². The van der Waals surface area contributed by atoms with Crippen LogP contribution in [0.4, 0.5) is 11.6 Å². The fourth-order valence-corrected chi connectivity index (χ4v) is 4.50. The molecule has 1 aromatic heterocycles. The summed E-state index contributed by atoms with van der Waals surface area (Å²) in [7, 11) is 4.80. The van der Waals surface area contributed by atoms with Crippen molar-refractivity contribution in [1.82, 2.24) is 10.3 Å². The molecule has 170 valence electrons. The molecule has 0 saturated carbocycles. The Kier molecular flexibility index (Phi) is 5.37. The van der Waals surface area contributed by atoms with E-state index in [1.165, 1.54) is 0 Å². The van der Waals surface area contributed by atoms with E-state index < -0.39 is 6.04 Å². The van der Waals surface area contributed by atoms with Gasteiger partial charge in [-0.2, -0.15) is 0 Å². The number of nitrogens with zero attached hydrogens (tertiary/aromatic N) is 2. The van der Waals surface area contributed by atoms with Crippen LogP contribution in [0, 0.1) is 0 Å². The van der Waals surface area contributed by atoms with Crippen molar-refractivity contribution < 1.29 is 23.6 Å². The number of rotatable bonds is 5. The summed E-state index contributed by atoms with van der Waals surface area (Å²) in [5, 5.41) is 14.6. The fourth-order valence-electron chi connectivity index (χ4n) is 4.50. The van der Waals surface area contributed by atoms with E-state index in [0.29, 0.717) is 41.5 Å². The minimum Gasteiger partial charge on any atom is -0.497 e. The van der Waals surface area contributed by atoms with Gasteiger partial charge in [0.05, 0.1) is 27.4 Å². The molecule has 2 N–H and O–H groups in total. The Morgan fingerprint density at radius 2 is 1.61 bits per heavy atom. The van der Waals surface area contributed by atoms with E-state index in [4.69, 9.17) is 18.8 Å². The third kappa shape index (κ3) is 3.75. The van der Waals surface area contributed by atoms with Crippen LogP contribution in [0.2, 0.25) is 0 Å². The maximum absolute atomic E-state index is 13.5. The van der Waals surface area contributed by atoms with Crippen LogP contribution in [0.5, 0.6) is 17.2 Å². The number of Topliss-reactive ketones (excluding diaryl/α,β-unsaturated/α-hetero) is 1. The Morgan fingerprint density at radius 1 is 0.879 bits per heavy atom. The van der Waals surface area contributed by atoms with Gasteiger partial charge in [0, 0.05) is 17.7 Å². The molecule has 9 heteroatoms. The number of ether oxygens (including phenoxy) is 3. The van der Waals surface area contributed by atoms with Gasteiger partial charge >= 0.3 is 0 Å². The lowest BCUT2D eigenvalue weighted by Crippen LogP contribution is -2.27. The number of nitrogens with one attached hydrogen (secondary N) is 2. The molecule has 0 saturated heterocycles. The number of hydrogen-bond donors (Lipinski definition) is 2. The molecule has 0 spiro atoms. The third-order valence-corrected chi connectivity index (χ3v) is 6.16. The first-order valence-electron chi connectivity index (χ1n) is 10.6. The van der Waals surface area contributed by atoms with Gasteiger partial charge < -0.3 is 24.8 Å². The monoisotopic (exact) mass is 448 g/mol. The maximum atomic E-state index is 13.5. The van der Waals surface area contributed by atoms with Crippen molar-refractivity contribution in [2.45, 2.75) is 24.8 Å². The highest BCUT2D eigenvalue weighted by molar-refractivity contribution is 6.00. The van der Waals surface area contributed by atoms with Gasteiger partial charge in [-0.1, -0.05) is 18.2 Å². The lowest BCUT2D eigenvalue weighted by atomic mass is 9.78. The topological polar surface area (TPSA) is 108 Å². The molecule has 3 aromatic rings. The Morgan fingerprint density at radius 3 is 2.33 bits per heavy atom. The summed E-state index contributed by atoms with van der Waals surface area (Å²) in [5.74, 6) is 2.95. The number of carbonyl (C=O) groups excluding carboxylic acids is 1. The van der Waals surface area contributed by atoms with Crippen LogP contribution >= 0.6 is 0 Å². The van der Waals surface area contributed by atoms with Crippen molar-refractivity contribution in [1.29, 1.82) is 0 Å². The van der Waals surface area contributed by atoms with Crippen molar-refractivity contribution >= 4 is 17.4 Å². The summed E-state index contributed by atoms with van der Waals surface area (Å²) in [6.45, 7) is 0. The molecule has 2 heterocycles. The van der Waals surface area contributed by atoms with Gasteiger partial charge in [-0.05, 0) is 58.0 Å². The first kappa shape index (κ1) is 20.9. The summed E-state index contributed by atoms with van der Waals surface area (Å²) in [5.41, 5.74) is 3.38. The average Bonchev–Trinajstić information content (AvgIpc) is 3.22. The zero-order valence-corrected chi connectivity index (χ0v) is 18.5. The van der Waals surface area contributed by atoms with Crippen LogP contribution < -0.4 is 24.8 Å². The van der Waals surface area contributed by atoms with Crippen molar-refractivity contribution in [3.8, 4) is 17.2 Å². The molecule has 0 fully saturated rings. The number of allylic oxidation sites excluding steroid dienone is 1. The van der Waals surface area contributed by atoms with Crippen LogP contribution in [0.1, 0.15) is 35.9 Å². The molecule has 33 heavy (non-hydrogen) atoms. The molecule has 0 unspecified atom stereocenters. The molecule has 0 bridgehead atoms. The number of fused-ring (bicyclic) bond motifs is 1. The highest BCUT2D eigenvalue weighted by atomic mass is 16.6. The second-order valence-electron chi connectivity index (χ2n) is 7.97. The summed E-state index contributed by atoms with van der Waals surface area (Å²) < 4.78 is 21.1. The van der Waals surface area contributed by atoms with Gasteiger partial charge in [0.1, 0.15) is 5.75 Å². The van der Waals surface area contributed by atoms with Crippen LogP contribution in [0.25, 0.3) is 0 Å². The molecule has 2 aromatic carbocycles. The van der Waals surface area contributed by atoms with Crippen LogP contribution in [-0.4, -0.2) is 37.4 Å². The Labute approximate surface area is 190 Å². The summed E-state index contributed by atoms with van der Waals surface area (Å²) in [4.78, 5) is 13.5.